The van der Waals surface area contributed by atoms with Crippen LogP contribution in [0.15, 0.2) is 48.5 Å². The summed E-state index contributed by atoms with van der Waals surface area (Å²) in [5.74, 6) is -1.92. The van der Waals surface area contributed by atoms with E-state index in [0.717, 1.165) is 5.56 Å². The highest BCUT2D eigenvalue weighted by Gasteiger charge is 2.33. The van der Waals surface area contributed by atoms with E-state index in [4.69, 9.17) is 20.9 Å². The number of Topliss-reactive ketones (excluding diaryl/α,β-unsaturated/α-hetero) is 1. The Morgan fingerprint density at radius 2 is 1.60 bits per heavy atom. The summed E-state index contributed by atoms with van der Waals surface area (Å²) >= 11 is 6.19. The molecule has 0 aromatic heterocycles. The van der Waals surface area contributed by atoms with Crippen LogP contribution in [0.25, 0.3) is 0 Å². The van der Waals surface area contributed by atoms with E-state index in [1.807, 2.05) is 6.07 Å². The normalized spacial score (nSPS) is 11.2. The Hall–Kier alpha value is -2.03. The molecule has 0 N–H and O–H groups in total. The molecular weight excluding hydrogens is 359 g/mol. The predicted octanol–water partition coefficient (Wildman–Crippen LogP) is 4.77. The number of ether oxygens (including phenoxy) is 1. The minimum absolute atomic E-state index is 0.297. The van der Waals surface area contributed by atoms with Gasteiger partial charge in [0.2, 0.25) is 0 Å². The minimum Gasteiger partial charge on any atom is -0.462 e. The highest BCUT2D eigenvalue weighted by molar-refractivity contribution is 7.00. The van der Waals surface area contributed by atoms with Crippen molar-refractivity contribution in [1.29, 1.82) is 0 Å². The average Bonchev–Trinajstić information content (AvgIpc) is 2.57. The molecule has 2 aromatic carbocycles. The highest BCUT2D eigenvalue weighted by atomic mass is 35.5. The van der Waals surface area contributed by atoms with Crippen LogP contribution in [0, 0.1) is 6.92 Å². The van der Waals surface area contributed by atoms with Crippen molar-refractivity contribution in [3.05, 3.63) is 70.2 Å². The first kappa shape index (κ1) is 21.0. The van der Waals surface area contributed by atoms with Crippen molar-refractivity contribution in [1.82, 2.24) is 0 Å². The molecule has 4 nitrogen and oxygen atoms in total. The summed E-state index contributed by atoms with van der Waals surface area (Å²) in [5, 5.41) is 0.341. The maximum absolute atomic E-state index is 13.0. The van der Waals surface area contributed by atoms with E-state index >= 15 is 0 Å². The van der Waals surface area contributed by atoms with Crippen LogP contribution in [-0.2, 0) is 14.1 Å². The van der Waals surface area contributed by atoms with Crippen molar-refractivity contribution >= 4 is 32.5 Å². The van der Waals surface area contributed by atoms with Gasteiger partial charge in [0.1, 0.15) is 5.92 Å². The molecule has 0 spiro atoms. The van der Waals surface area contributed by atoms with Crippen LogP contribution in [0.1, 0.15) is 41.3 Å². The van der Waals surface area contributed by atoms with Gasteiger partial charge in [-0.1, -0.05) is 58.6 Å². The van der Waals surface area contributed by atoms with E-state index in [-0.39, 0.29) is 11.9 Å². The molecule has 0 saturated carbocycles. The molecule has 0 saturated heterocycles. The van der Waals surface area contributed by atoms with Crippen molar-refractivity contribution in [3.8, 4) is 0 Å². The monoisotopic (exact) mass is 379 g/mol. The van der Waals surface area contributed by atoms with E-state index in [0.29, 0.717) is 16.1 Å². The number of esters is 1. The summed E-state index contributed by atoms with van der Waals surface area (Å²) < 4.78 is 13.5. The molecule has 0 aliphatic heterocycles. The Balaban J connectivity index is 0.00000151. The molecule has 0 fully saturated rings. The number of halogens is 1. The molecule has 0 radical (unpaired) electrons. The summed E-state index contributed by atoms with van der Waals surface area (Å²) in [6.45, 7) is 5.31. The quantitative estimate of drug-likeness (QED) is 0.325. The number of rotatable bonds is 5. The van der Waals surface area contributed by atoms with Gasteiger partial charge >= 0.3 is 15.1 Å². The van der Waals surface area contributed by atoms with Gasteiger partial charge in [-0.2, -0.15) is 0 Å². The van der Waals surface area contributed by atoms with E-state index < -0.39 is 11.9 Å². The van der Waals surface area contributed by atoms with Crippen molar-refractivity contribution in [2.75, 3.05) is 0 Å². The van der Waals surface area contributed by atoms with Crippen LogP contribution >= 0.6 is 20.7 Å². The van der Waals surface area contributed by atoms with Gasteiger partial charge in [0, 0.05) is 5.56 Å². The minimum atomic E-state index is -1.02. The summed E-state index contributed by atoms with van der Waals surface area (Å²) in [6.07, 6.45) is -0.297. The van der Waals surface area contributed by atoms with Crippen LogP contribution < -0.4 is 0 Å². The number of ketones is 1. The van der Waals surface area contributed by atoms with Gasteiger partial charge in [-0.3, -0.25) is 9.59 Å². The van der Waals surface area contributed by atoms with Crippen molar-refractivity contribution in [2.45, 2.75) is 32.8 Å². The van der Waals surface area contributed by atoms with Gasteiger partial charge in [-0.15, -0.1) is 0 Å². The standard InChI is InChI=1S/C19H19ClO3.H2OP/c1-12(2)23-19(22)17(14-9-5-4-6-10-14)18(21)16-13(3)8-7-11-15(16)20;1-2/h4-12,17H,1-3H3;2H2/q;+1. The third-order valence-electron chi connectivity index (χ3n) is 3.45. The molecule has 2 rings (SSSR count). The molecule has 2 unspecified atom stereocenters. The average molecular weight is 380 g/mol. The van der Waals surface area contributed by atoms with E-state index in [9.17, 15) is 9.59 Å². The maximum atomic E-state index is 13.0. The Morgan fingerprint density at radius 3 is 2.12 bits per heavy atom. The molecule has 2 aromatic rings. The van der Waals surface area contributed by atoms with Gasteiger partial charge < -0.3 is 4.74 Å². The number of hydrogen-bond acceptors (Lipinski definition) is 4. The van der Waals surface area contributed by atoms with Crippen molar-refractivity contribution in [3.63, 3.8) is 0 Å². The first-order valence-electron chi connectivity index (χ1n) is 7.70. The van der Waals surface area contributed by atoms with E-state index in [2.05, 4.69) is 0 Å². The SMILES string of the molecule is Cc1cccc(Cl)c1C(=O)C(C(=O)OC(C)C)c1ccccc1.O=[PH2+]. The largest absolute Gasteiger partial charge is 0.462 e. The van der Waals surface area contributed by atoms with Crippen LogP contribution in [0.2, 0.25) is 5.02 Å². The van der Waals surface area contributed by atoms with Gasteiger partial charge in [-0.05, 0) is 38.0 Å². The Bertz CT molecular complexity index is 711. The van der Waals surface area contributed by atoms with Crippen molar-refractivity contribution in [2.24, 2.45) is 0 Å². The molecule has 0 aliphatic carbocycles. The van der Waals surface area contributed by atoms with Gasteiger partial charge in [0.05, 0.1) is 11.1 Å². The lowest BCUT2D eigenvalue weighted by atomic mass is 9.89. The predicted molar refractivity (Wildman–Crippen MR) is 101 cm³/mol. The lowest BCUT2D eigenvalue weighted by Crippen LogP contribution is -2.27. The lowest BCUT2D eigenvalue weighted by Gasteiger charge is -2.19. The number of aryl methyl sites for hydroxylation is 1. The zero-order valence-corrected chi connectivity index (χ0v) is 16.3. The zero-order valence-electron chi connectivity index (χ0n) is 14.4. The molecule has 25 heavy (non-hydrogen) atoms. The van der Waals surface area contributed by atoms with Crippen LogP contribution in [0.4, 0.5) is 0 Å². The second-order valence-electron chi connectivity index (χ2n) is 5.63. The number of benzene rings is 2. The number of hydrogen-bond donors (Lipinski definition) is 0. The van der Waals surface area contributed by atoms with Crippen LogP contribution in [0.5, 0.6) is 0 Å². The molecular formula is C19H21ClO4P+. The number of carbonyl (C=O) groups is 2. The summed E-state index contributed by atoms with van der Waals surface area (Å²) in [5.41, 5.74) is 1.70. The van der Waals surface area contributed by atoms with Crippen LogP contribution in [0.3, 0.4) is 0 Å². The first-order chi connectivity index (χ1) is 11.9. The maximum Gasteiger partial charge on any atom is 0.321 e. The number of carbonyl (C=O) groups excluding carboxylic acids is 2. The fraction of sp³-hybridized carbons (Fsp3) is 0.263. The second-order valence-corrected chi connectivity index (χ2v) is 6.03. The molecule has 6 heteroatoms. The fourth-order valence-corrected chi connectivity index (χ4v) is 2.74. The van der Waals surface area contributed by atoms with E-state index in [1.54, 1.807) is 63.2 Å². The lowest BCUT2D eigenvalue weighted by molar-refractivity contribution is -0.147. The van der Waals surface area contributed by atoms with Crippen molar-refractivity contribution < 1.29 is 18.9 Å². The molecule has 0 bridgehead atoms. The molecule has 0 amide bonds. The third kappa shape index (κ3) is 5.48. The first-order valence-corrected chi connectivity index (χ1v) is 8.55. The molecule has 0 aliphatic rings. The molecule has 132 valence electrons. The summed E-state index contributed by atoms with van der Waals surface area (Å²) in [4.78, 5) is 25.5. The Labute approximate surface area is 154 Å². The van der Waals surface area contributed by atoms with Gasteiger partial charge in [-0.25, -0.2) is 0 Å². The topological polar surface area (TPSA) is 60.4 Å². The summed E-state index contributed by atoms with van der Waals surface area (Å²) in [7, 11) is 1.17. The fourth-order valence-electron chi connectivity index (χ4n) is 2.43. The highest BCUT2D eigenvalue weighted by Crippen LogP contribution is 2.29. The van der Waals surface area contributed by atoms with Gasteiger partial charge in [0.15, 0.2) is 5.78 Å². The molecule has 0 heterocycles. The van der Waals surface area contributed by atoms with Crippen LogP contribution in [-0.4, -0.2) is 17.9 Å². The molecule has 2 atom stereocenters. The zero-order chi connectivity index (χ0) is 19.0. The summed E-state index contributed by atoms with van der Waals surface area (Å²) in [6, 6.07) is 14.1. The second kappa shape index (κ2) is 10.1. The smallest absolute Gasteiger partial charge is 0.321 e. The Kier molecular flexibility index (Phi) is 8.47. The third-order valence-corrected chi connectivity index (χ3v) is 3.77. The van der Waals surface area contributed by atoms with E-state index in [1.165, 1.54) is 9.12 Å². The van der Waals surface area contributed by atoms with Gasteiger partial charge in [0.25, 0.3) is 0 Å². The Morgan fingerprint density at radius 1 is 1.00 bits per heavy atom.